The molecule has 1 N–H and O–H groups in total. The van der Waals surface area contributed by atoms with Crippen molar-refractivity contribution in [1.82, 2.24) is 9.78 Å². The normalized spacial score (nSPS) is 31.8. The molecule has 1 aliphatic rings. The van der Waals surface area contributed by atoms with Gasteiger partial charge in [-0.15, -0.1) is 0 Å². The number of aryl methyl sites for hydroxylation is 1. The summed E-state index contributed by atoms with van der Waals surface area (Å²) in [4.78, 5) is 0. The van der Waals surface area contributed by atoms with Gasteiger partial charge in [-0.3, -0.25) is 4.68 Å². The number of aliphatic hydroxyl groups is 1. The van der Waals surface area contributed by atoms with Crippen molar-refractivity contribution >= 4 is 0 Å². The average Bonchev–Trinajstić information content (AvgIpc) is 2.65. The Kier molecular flexibility index (Phi) is 2.83. The SMILES string of the molecule is CCC1CCCC(O)(c2ccnn2C)C1. The van der Waals surface area contributed by atoms with Gasteiger partial charge in [-0.05, 0) is 31.2 Å². The van der Waals surface area contributed by atoms with E-state index in [0.717, 1.165) is 25.0 Å². The first-order chi connectivity index (χ1) is 7.15. The third kappa shape index (κ3) is 1.93. The fraction of sp³-hybridized carbons (Fsp3) is 0.750. The molecule has 0 amide bonds. The number of aromatic nitrogens is 2. The maximum absolute atomic E-state index is 10.7. The molecule has 3 nitrogen and oxygen atoms in total. The topological polar surface area (TPSA) is 38.1 Å². The van der Waals surface area contributed by atoms with Gasteiger partial charge in [0.25, 0.3) is 0 Å². The maximum Gasteiger partial charge on any atom is 0.106 e. The summed E-state index contributed by atoms with van der Waals surface area (Å²) in [6.07, 6.45) is 7.09. The van der Waals surface area contributed by atoms with Crippen LogP contribution in [0.4, 0.5) is 0 Å². The quantitative estimate of drug-likeness (QED) is 0.809. The summed E-state index contributed by atoms with van der Waals surface area (Å²) in [6.45, 7) is 2.21. The molecule has 0 bridgehead atoms. The van der Waals surface area contributed by atoms with Gasteiger partial charge in [-0.2, -0.15) is 5.10 Å². The molecule has 0 aromatic carbocycles. The molecule has 0 radical (unpaired) electrons. The predicted molar refractivity (Wildman–Crippen MR) is 59.4 cm³/mol. The fourth-order valence-corrected chi connectivity index (χ4v) is 2.78. The van der Waals surface area contributed by atoms with Crippen LogP contribution in [0.3, 0.4) is 0 Å². The van der Waals surface area contributed by atoms with Crippen molar-refractivity contribution in [3.8, 4) is 0 Å². The van der Waals surface area contributed by atoms with Crippen molar-refractivity contribution in [2.45, 2.75) is 44.6 Å². The fourth-order valence-electron chi connectivity index (χ4n) is 2.78. The standard InChI is InChI=1S/C12H20N2O/c1-3-10-5-4-7-12(15,9-10)11-6-8-13-14(11)2/h6,8,10,15H,3-5,7,9H2,1-2H3. The largest absolute Gasteiger partial charge is 0.384 e. The first-order valence-electron chi connectivity index (χ1n) is 5.86. The zero-order valence-electron chi connectivity index (χ0n) is 9.61. The highest BCUT2D eigenvalue weighted by molar-refractivity contribution is 5.13. The second-order valence-electron chi connectivity index (χ2n) is 4.74. The smallest absolute Gasteiger partial charge is 0.106 e. The van der Waals surface area contributed by atoms with Gasteiger partial charge in [0.1, 0.15) is 5.60 Å². The summed E-state index contributed by atoms with van der Waals surface area (Å²) in [5.74, 6) is 0.665. The van der Waals surface area contributed by atoms with Gasteiger partial charge in [0.15, 0.2) is 0 Å². The Hall–Kier alpha value is -0.830. The molecule has 1 heterocycles. The van der Waals surface area contributed by atoms with Gasteiger partial charge in [0.2, 0.25) is 0 Å². The second kappa shape index (κ2) is 3.97. The van der Waals surface area contributed by atoms with Crippen molar-refractivity contribution in [3.63, 3.8) is 0 Å². The monoisotopic (exact) mass is 208 g/mol. The van der Waals surface area contributed by atoms with E-state index in [1.807, 2.05) is 13.1 Å². The highest BCUT2D eigenvalue weighted by Crippen LogP contribution is 2.40. The Balaban J connectivity index is 2.22. The number of nitrogens with zero attached hydrogens (tertiary/aromatic N) is 2. The molecule has 2 atom stereocenters. The minimum Gasteiger partial charge on any atom is -0.384 e. The molecule has 1 fully saturated rings. The Morgan fingerprint density at radius 2 is 2.47 bits per heavy atom. The third-order valence-corrected chi connectivity index (χ3v) is 3.70. The van der Waals surface area contributed by atoms with Crippen LogP contribution in [0.25, 0.3) is 0 Å². The summed E-state index contributed by atoms with van der Waals surface area (Å²) < 4.78 is 1.80. The Bertz CT molecular complexity index is 334. The lowest BCUT2D eigenvalue weighted by Gasteiger charge is -2.36. The molecule has 1 aromatic rings. The van der Waals surface area contributed by atoms with Gasteiger partial charge in [0, 0.05) is 13.2 Å². The Morgan fingerprint density at radius 1 is 1.67 bits per heavy atom. The van der Waals surface area contributed by atoms with E-state index in [0.29, 0.717) is 5.92 Å². The zero-order valence-corrected chi connectivity index (χ0v) is 9.61. The molecule has 0 aliphatic heterocycles. The van der Waals surface area contributed by atoms with Gasteiger partial charge >= 0.3 is 0 Å². The van der Waals surface area contributed by atoms with E-state index in [4.69, 9.17) is 0 Å². The summed E-state index contributed by atoms with van der Waals surface area (Å²) in [7, 11) is 1.91. The minimum absolute atomic E-state index is 0.635. The molecule has 2 rings (SSSR count). The van der Waals surface area contributed by atoms with Gasteiger partial charge in [-0.1, -0.05) is 19.8 Å². The number of rotatable bonds is 2. The molecule has 1 aliphatic carbocycles. The predicted octanol–water partition coefficient (Wildman–Crippen LogP) is 2.21. The minimum atomic E-state index is -0.635. The summed E-state index contributed by atoms with van der Waals surface area (Å²) in [6, 6.07) is 1.94. The highest BCUT2D eigenvalue weighted by Gasteiger charge is 2.37. The Labute approximate surface area is 91.1 Å². The molecule has 84 valence electrons. The second-order valence-corrected chi connectivity index (χ2v) is 4.74. The summed E-state index contributed by atoms with van der Waals surface area (Å²) in [5.41, 5.74) is 0.338. The van der Waals surface area contributed by atoms with Crippen molar-refractivity contribution in [2.24, 2.45) is 13.0 Å². The summed E-state index contributed by atoms with van der Waals surface area (Å²) in [5, 5.41) is 14.8. The van der Waals surface area contributed by atoms with Crippen LogP contribution in [0, 0.1) is 5.92 Å². The van der Waals surface area contributed by atoms with E-state index in [-0.39, 0.29) is 0 Å². The van der Waals surface area contributed by atoms with Crippen LogP contribution in [0.5, 0.6) is 0 Å². The van der Waals surface area contributed by atoms with Crippen molar-refractivity contribution < 1.29 is 5.11 Å². The molecule has 1 saturated carbocycles. The van der Waals surface area contributed by atoms with Crippen molar-refractivity contribution in [3.05, 3.63) is 18.0 Å². The Morgan fingerprint density at radius 3 is 3.07 bits per heavy atom. The first-order valence-corrected chi connectivity index (χ1v) is 5.86. The van der Waals surface area contributed by atoms with Crippen LogP contribution in [0.15, 0.2) is 12.3 Å². The van der Waals surface area contributed by atoms with Gasteiger partial charge < -0.3 is 5.11 Å². The molecule has 2 unspecified atom stereocenters. The van der Waals surface area contributed by atoms with Crippen LogP contribution in [0.2, 0.25) is 0 Å². The number of hydrogen-bond donors (Lipinski definition) is 1. The first kappa shape index (κ1) is 10.7. The number of hydrogen-bond acceptors (Lipinski definition) is 2. The van der Waals surface area contributed by atoms with E-state index in [9.17, 15) is 5.11 Å². The van der Waals surface area contributed by atoms with Gasteiger partial charge in [0.05, 0.1) is 5.69 Å². The van der Waals surface area contributed by atoms with E-state index in [1.165, 1.54) is 12.8 Å². The summed E-state index contributed by atoms with van der Waals surface area (Å²) >= 11 is 0. The molecule has 0 saturated heterocycles. The van der Waals surface area contributed by atoms with E-state index in [2.05, 4.69) is 12.0 Å². The highest BCUT2D eigenvalue weighted by atomic mass is 16.3. The third-order valence-electron chi connectivity index (χ3n) is 3.70. The molecule has 15 heavy (non-hydrogen) atoms. The lowest BCUT2D eigenvalue weighted by molar-refractivity contribution is -0.0283. The maximum atomic E-state index is 10.7. The average molecular weight is 208 g/mol. The molecule has 0 spiro atoms. The van der Waals surface area contributed by atoms with Crippen LogP contribution < -0.4 is 0 Å². The lowest BCUT2D eigenvalue weighted by Crippen LogP contribution is -2.34. The molecule has 3 heteroatoms. The van der Waals surface area contributed by atoms with Crippen LogP contribution in [-0.2, 0) is 12.6 Å². The van der Waals surface area contributed by atoms with Crippen molar-refractivity contribution in [1.29, 1.82) is 0 Å². The zero-order chi connectivity index (χ0) is 10.9. The van der Waals surface area contributed by atoms with Crippen molar-refractivity contribution in [2.75, 3.05) is 0 Å². The molecular formula is C12H20N2O. The van der Waals surface area contributed by atoms with Crippen LogP contribution >= 0.6 is 0 Å². The van der Waals surface area contributed by atoms with Gasteiger partial charge in [-0.25, -0.2) is 0 Å². The molecule has 1 aromatic heterocycles. The van der Waals surface area contributed by atoms with E-state index < -0.39 is 5.60 Å². The van der Waals surface area contributed by atoms with Crippen LogP contribution in [0.1, 0.15) is 44.7 Å². The van der Waals surface area contributed by atoms with E-state index >= 15 is 0 Å². The van der Waals surface area contributed by atoms with E-state index in [1.54, 1.807) is 10.9 Å². The lowest BCUT2D eigenvalue weighted by atomic mass is 9.75. The van der Waals surface area contributed by atoms with Crippen LogP contribution in [-0.4, -0.2) is 14.9 Å². The molecular weight excluding hydrogens is 188 g/mol.